The van der Waals surface area contributed by atoms with Crippen molar-refractivity contribution in [3.63, 3.8) is 0 Å². The molecule has 2 aromatic carbocycles. The highest BCUT2D eigenvalue weighted by atomic mass is 16.5. The lowest BCUT2D eigenvalue weighted by Gasteiger charge is -2.14. The van der Waals surface area contributed by atoms with Crippen molar-refractivity contribution in [2.24, 2.45) is 0 Å². The zero-order valence-corrected chi connectivity index (χ0v) is 14.7. The first-order chi connectivity index (χ1) is 12.6. The van der Waals surface area contributed by atoms with Crippen molar-refractivity contribution in [1.29, 1.82) is 0 Å². The Morgan fingerprint density at radius 1 is 1.19 bits per heavy atom. The van der Waals surface area contributed by atoms with Gasteiger partial charge in [0.1, 0.15) is 18.1 Å². The number of carbonyl (C=O) groups is 1. The Morgan fingerprint density at radius 2 is 1.96 bits per heavy atom. The predicted molar refractivity (Wildman–Crippen MR) is 95.2 cm³/mol. The lowest BCUT2D eigenvalue weighted by molar-refractivity contribution is 0.101. The first kappa shape index (κ1) is 17.6. The fourth-order valence-electron chi connectivity index (χ4n) is 2.80. The molecule has 0 fully saturated rings. The normalized spacial score (nSPS) is 10.7. The molecule has 3 aromatic rings. The third-order valence-electron chi connectivity index (χ3n) is 4.19. The van der Waals surface area contributed by atoms with Crippen LogP contribution in [0, 0.1) is 0 Å². The quantitative estimate of drug-likeness (QED) is 0.634. The molecule has 1 heterocycles. The average molecular weight is 352 g/mol. The van der Waals surface area contributed by atoms with E-state index in [-0.39, 0.29) is 11.5 Å². The first-order valence-electron chi connectivity index (χ1n) is 8.37. The van der Waals surface area contributed by atoms with Crippen molar-refractivity contribution in [2.75, 3.05) is 0 Å². The number of aromatic hydroxyl groups is 1. The Kier molecular flexibility index (Phi) is 5.26. The van der Waals surface area contributed by atoms with E-state index in [1.54, 1.807) is 6.07 Å². The number of hydrogen-bond donors (Lipinski definition) is 2. The molecule has 1 aromatic heterocycles. The van der Waals surface area contributed by atoms with Crippen molar-refractivity contribution in [3.05, 3.63) is 64.5 Å². The second-order valence-electron chi connectivity index (χ2n) is 5.97. The van der Waals surface area contributed by atoms with Crippen LogP contribution < -0.4 is 4.74 Å². The van der Waals surface area contributed by atoms with Crippen molar-refractivity contribution in [1.82, 2.24) is 20.6 Å². The van der Waals surface area contributed by atoms with E-state index in [0.717, 1.165) is 22.4 Å². The lowest BCUT2D eigenvalue weighted by atomic mass is 9.99. The Hall–Kier alpha value is -3.22. The number of benzene rings is 2. The average Bonchev–Trinajstić information content (AvgIpc) is 3.14. The van der Waals surface area contributed by atoms with E-state index in [9.17, 15) is 9.90 Å². The van der Waals surface area contributed by atoms with E-state index in [1.165, 1.54) is 6.92 Å². The number of phenolic OH excluding ortho intramolecular Hbond substituents is 1. The van der Waals surface area contributed by atoms with Crippen LogP contribution in [0.3, 0.4) is 0 Å². The van der Waals surface area contributed by atoms with Gasteiger partial charge in [-0.05, 0) is 53.1 Å². The topological polar surface area (TPSA) is 101 Å². The number of ketones is 1. The van der Waals surface area contributed by atoms with Gasteiger partial charge in [-0.25, -0.2) is 5.10 Å². The van der Waals surface area contributed by atoms with E-state index < -0.39 is 0 Å². The number of aromatic amines is 1. The van der Waals surface area contributed by atoms with E-state index >= 15 is 0 Å². The van der Waals surface area contributed by atoms with Gasteiger partial charge >= 0.3 is 0 Å². The summed E-state index contributed by atoms with van der Waals surface area (Å²) in [5.41, 5.74) is 3.02. The summed E-state index contributed by atoms with van der Waals surface area (Å²) in [5.74, 6) is 1.33. The molecule has 26 heavy (non-hydrogen) atoms. The second-order valence-corrected chi connectivity index (χ2v) is 5.97. The van der Waals surface area contributed by atoms with E-state index in [4.69, 9.17) is 4.74 Å². The van der Waals surface area contributed by atoms with Crippen LogP contribution in [-0.2, 0) is 19.4 Å². The SMILES string of the molecule is CCc1c(COc2ccc(Cc3nnn[nH]3)cc2)ccc(C(C)=O)c1O. The fourth-order valence-corrected chi connectivity index (χ4v) is 2.80. The molecule has 0 bridgehead atoms. The number of carbonyl (C=O) groups excluding carboxylic acids is 1. The molecular formula is C19H20N4O3. The molecule has 0 spiro atoms. The number of Topliss-reactive ketones (excluding diaryl/α,β-unsaturated/α-hetero) is 1. The summed E-state index contributed by atoms with van der Waals surface area (Å²) < 4.78 is 5.84. The van der Waals surface area contributed by atoms with Gasteiger partial charge in [0, 0.05) is 12.0 Å². The van der Waals surface area contributed by atoms with Gasteiger partial charge in [-0.2, -0.15) is 0 Å². The van der Waals surface area contributed by atoms with Gasteiger partial charge < -0.3 is 9.84 Å². The molecule has 3 rings (SSSR count). The number of H-pyrrole nitrogens is 1. The number of aromatic nitrogens is 4. The molecule has 0 saturated heterocycles. The minimum absolute atomic E-state index is 0.0529. The standard InChI is InChI=1S/C19H20N4O3/c1-3-16-14(6-9-17(12(2)24)19(16)25)11-26-15-7-4-13(5-8-15)10-18-20-22-23-21-18/h4-9,25H,3,10-11H2,1-2H3,(H,20,21,22,23). The van der Waals surface area contributed by atoms with Crippen molar-refractivity contribution < 1.29 is 14.6 Å². The molecule has 0 aliphatic rings. The third-order valence-corrected chi connectivity index (χ3v) is 4.19. The first-order valence-corrected chi connectivity index (χ1v) is 8.37. The zero-order chi connectivity index (χ0) is 18.5. The molecule has 0 aliphatic carbocycles. The highest BCUT2D eigenvalue weighted by molar-refractivity contribution is 5.97. The van der Waals surface area contributed by atoms with Gasteiger partial charge in [0.05, 0.1) is 5.56 Å². The van der Waals surface area contributed by atoms with Crippen LogP contribution in [0.15, 0.2) is 36.4 Å². The van der Waals surface area contributed by atoms with E-state index in [1.807, 2.05) is 37.3 Å². The van der Waals surface area contributed by atoms with Crippen LogP contribution in [0.2, 0.25) is 0 Å². The summed E-state index contributed by atoms with van der Waals surface area (Å²) in [7, 11) is 0. The number of hydrogen-bond acceptors (Lipinski definition) is 6. The highest BCUT2D eigenvalue weighted by Gasteiger charge is 2.14. The molecule has 0 amide bonds. The van der Waals surface area contributed by atoms with E-state index in [0.29, 0.717) is 30.8 Å². The van der Waals surface area contributed by atoms with Crippen LogP contribution in [-0.4, -0.2) is 31.5 Å². The second kappa shape index (κ2) is 7.77. The Bertz CT molecular complexity index is 890. The molecule has 7 nitrogen and oxygen atoms in total. The monoisotopic (exact) mass is 352 g/mol. The maximum atomic E-state index is 11.6. The van der Waals surface area contributed by atoms with Crippen molar-refractivity contribution in [2.45, 2.75) is 33.3 Å². The van der Waals surface area contributed by atoms with Gasteiger partial charge in [-0.1, -0.05) is 25.1 Å². The fraction of sp³-hybridized carbons (Fsp3) is 0.263. The van der Waals surface area contributed by atoms with Gasteiger partial charge in [0.15, 0.2) is 11.6 Å². The summed E-state index contributed by atoms with van der Waals surface area (Å²) in [4.78, 5) is 11.6. The molecule has 0 unspecified atom stereocenters. The maximum Gasteiger partial charge on any atom is 0.163 e. The van der Waals surface area contributed by atoms with Crippen LogP contribution in [0.25, 0.3) is 0 Å². The molecular weight excluding hydrogens is 332 g/mol. The molecule has 134 valence electrons. The zero-order valence-electron chi connectivity index (χ0n) is 14.7. The molecule has 2 N–H and O–H groups in total. The summed E-state index contributed by atoms with van der Waals surface area (Å²) in [6.45, 7) is 3.71. The number of nitrogens with one attached hydrogen (secondary N) is 1. The number of phenols is 1. The highest BCUT2D eigenvalue weighted by Crippen LogP contribution is 2.28. The number of rotatable bonds is 7. The Balaban J connectivity index is 1.69. The number of nitrogens with zero attached hydrogens (tertiary/aromatic N) is 3. The smallest absolute Gasteiger partial charge is 0.163 e. The molecule has 0 saturated carbocycles. The molecule has 0 aliphatic heterocycles. The summed E-state index contributed by atoms with van der Waals surface area (Å²) in [6.07, 6.45) is 1.24. The van der Waals surface area contributed by atoms with Crippen LogP contribution in [0.4, 0.5) is 0 Å². The number of tetrazole rings is 1. The molecule has 0 radical (unpaired) electrons. The third kappa shape index (κ3) is 3.88. The minimum Gasteiger partial charge on any atom is -0.507 e. The summed E-state index contributed by atoms with van der Waals surface area (Å²) >= 11 is 0. The van der Waals surface area contributed by atoms with Crippen LogP contribution in [0.5, 0.6) is 11.5 Å². The summed E-state index contributed by atoms with van der Waals surface area (Å²) in [6, 6.07) is 11.2. The molecule has 7 heteroatoms. The van der Waals surface area contributed by atoms with Gasteiger partial charge in [0.25, 0.3) is 0 Å². The van der Waals surface area contributed by atoms with Gasteiger partial charge in [-0.15, -0.1) is 5.10 Å². The largest absolute Gasteiger partial charge is 0.507 e. The minimum atomic E-state index is -0.151. The Labute approximate surface area is 151 Å². The molecule has 0 atom stereocenters. The van der Waals surface area contributed by atoms with Crippen molar-refractivity contribution >= 4 is 5.78 Å². The summed E-state index contributed by atoms with van der Waals surface area (Å²) in [5, 5.41) is 24.0. The van der Waals surface area contributed by atoms with Gasteiger partial charge in [-0.3, -0.25) is 4.79 Å². The van der Waals surface area contributed by atoms with Crippen LogP contribution in [0.1, 0.15) is 46.7 Å². The van der Waals surface area contributed by atoms with E-state index in [2.05, 4.69) is 20.6 Å². The lowest BCUT2D eigenvalue weighted by Crippen LogP contribution is -2.03. The van der Waals surface area contributed by atoms with Gasteiger partial charge in [0.2, 0.25) is 0 Å². The Morgan fingerprint density at radius 3 is 2.58 bits per heavy atom. The van der Waals surface area contributed by atoms with Crippen LogP contribution >= 0.6 is 0 Å². The predicted octanol–water partition coefficient (Wildman–Crippen LogP) is 2.84. The van der Waals surface area contributed by atoms with Crippen molar-refractivity contribution in [3.8, 4) is 11.5 Å². The number of ether oxygens (including phenoxy) is 1. The maximum absolute atomic E-state index is 11.6.